The monoisotopic (exact) mass is 279 g/mol. The summed E-state index contributed by atoms with van der Waals surface area (Å²) in [4.78, 5) is 37.8. The summed E-state index contributed by atoms with van der Waals surface area (Å²) in [6.07, 6.45) is 9.50. The van der Waals surface area contributed by atoms with E-state index in [4.69, 9.17) is 0 Å². The highest BCUT2D eigenvalue weighted by Gasteiger charge is 2.23. The molecule has 0 saturated heterocycles. The first-order valence-electron chi connectivity index (χ1n) is 6.31. The highest BCUT2D eigenvalue weighted by molar-refractivity contribution is 5.84. The second-order valence-corrected chi connectivity index (χ2v) is 4.43. The summed E-state index contributed by atoms with van der Waals surface area (Å²) < 4.78 is 0. The molecule has 3 aliphatic heterocycles. The van der Waals surface area contributed by atoms with Gasteiger partial charge in [0, 0.05) is 18.6 Å². The molecule has 0 saturated carbocycles. The van der Waals surface area contributed by atoms with Crippen molar-refractivity contribution in [1.82, 2.24) is 15.0 Å². The predicted octanol–water partition coefficient (Wildman–Crippen LogP) is 0.333. The molecule has 1 aromatic heterocycles. The van der Waals surface area contributed by atoms with Crippen molar-refractivity contribution in [3.05, 3.63) is 17.5 Å². The van der Waals surface area contributed by atoms with Crippen LogP contribution in [0.15, 0.2) is 30.0 Å². The number of hydrogen-bond donors (Lipinski definition) is 0. The van der Waals surface area contributed by atoms with E-state index in [-0.39, 0.29) is 18.1 Å². The van der Waals surface area contributed by atoms with E-state index in [1.54, 1.807) is 18.6 Å². The molecule has 4 rings (SSSR count). The Morgan fingerprint density at radius 3 is 1.10 bits per heavy atom. The van der Waals surface area contributed by atoms with Crippen molar-refractivity contribution in [3.63, 3.8) is 0 Å². The quantitative estimate of drug-likeness (QED) is 0.794. The van der Waals surface area contributed by atoms with Crippen molar-refractivity contribution in [3.8, 4) is 0 Å². The lowest BCUT2D eigenvalue weighted by atomic mass is 10.2. The van der Waals surface area contributed by atoms with Gasteiger partial charge in [-0.05, 0) is 0 Å². The lowest BCUT2D eigenvalue weighted by molar-refractivity contribution is 0.718. The molecule has 3 aliphatic rings. The van der Waals surface area contributed by atoms with Crippen molar-refractivity contribution >= 4 is 37.7 Å². The minimum Gasteiger partial charge on any atom is -0.256 e. The van der Waals surface area contributed by atoms with Crippen LogP contribution in [-0.2, 0) is 0 Å². The van der Waals surface area contributed by atoms with Crippen LogP contribution in [0, 0.1) is 0 Å². The molecule has 0 aromatic carbocycles. The average Bonchev–Trinajstić information content (AvgIpc) is 3.29. The molecule has 1 aromatic rings. The van der Waals surface area contributed by atoms with Gasteiger partial charge in [-0.2, -0.15) is 0 Å². The molecule has 9 heteroatoms. The maximum absolute atomic E-state index is 4.44. The molecular weight excluding hydrogens is 270 g/mol. The molecule has 102 valence electrons. The van der Waals surface area contributed by atoms with Crippen molar-refractivity contribution in [2.45, 2.75) is 18.1 Å². The van der Waals surface area contributed by atoms with Crippen LogP contribution in [0.1, 0.15) is 35.6 Å². The lowest BCUT2D eigenvalue weighted by Crippen LogP contribution is -2.15. The number of rotatable bonds is 3. The van der Waals surface area contributed by atoms with E-state index in [1.165, 1.54) is 19.0 Å². The van der Waals surface area contributed by atoms with Crippen LogP contribution in [0.4, 0.5) is 0 Å². The summed E-state index contributed by atoms with van der Waals surface area (Å²) in [5, 5.41) is 0. The molecule has 3 atom stereocenters. The van der Waals surface area contributed by atoms with E-state index in [0.717, 1.165) is 0 Å². The standard InChI is InChI=1S/C12H9N9/c1-7(16-4-13-1)10-19-11(8-2-14-5-17-8)21-12(20-10)9-3-15-6-18-9/h1-9H. The Morgan fingerprint density at radius 2 is 0.857 bits per heavy atom. The first-order chi connectivity index (χ1) is 10.4. The minimum atomic E-state index is -0.296. The fourth-order valence-corrected chi connectivity index (χ4v) is 2.03. The topological polar surface area (TPSA) is 113 Å². The van der Waals surface area contributed by atoms with Crippen LogP contribution < -0.4 is 0 Å². The van der Waals surface area contributed by atoms with Crippen LogP contribution >= 0.6 is 0 Å². The number of nitrogens with zero attached hydrogens (tertiary/aromatic N) is 9. The fourth-order valence-electron chi connectivity index (χ4n) is 2.03. The number of aliphatic imine (C=N–C) groups is 6. The number of hydrogen-bond acceptors (Lipinski definition) is 9. The molecule has 0 aliphatic carbocycles. The third-order valence-electron chi connectivity index (χ3n) is 3.04. The zero-order valence-electron chi connectivity index (χ0n) is 10.7. The van der Waals surface area contributed by atoms with Crippen molar-refractivity contribution in [2.75, 3.05) is 0 Å². The van der Waals surface area contributed by atoms with Crippen molar-refractivity contribution in [1.29, 1.82) is 0 Å². The zero-order valence-corrected chi connectivity index (χ0v) is 10.7. The van der Waals surface area contributed by atoms with Gasteiger partial charge < -0.3 is 0 Å². The maximum Gasteiger partial charge on any atom is 0.162 e. The normalized spacial score (nSPS) is 28.3. The van der Waals surface area contributed by atoms with Crippen LogP contribution in [-0.4, -0.2) is 52.6 Å². The Bertz CT molecular complexity index is 595. The third-order valence-corrected chi connectivity index (χ3v) is 3.04. The molecule has 3 unspecified atom stereocenters. The smallest absolute Gasteiger partial charge is 0.162 e. The van der Waals surface area contributed by atoms with Crippen LogP contribution in [0.5, 0.6) is 0 Å². The first kappa shape index (κ1) is 11.8. The van der Waals surface area contributed by atoms with E-state index in [9.17, 15) is 0 Å². The van der Waals surface area contributed by atoms with E-state index in [1.807, 2.05) is 0 Å². The minimum absolute atomic E-state index is 0.296. The summed E-state index contributed by atoms with van der Waals surface area (Å²) in [6.45, 7) is 0. The Labute approximate surface area is 119 Å². The highest BCUT2D eigenvalue weighted by Crippen LogP contribution is 2.22. The summed E-state index contributed by atoms with van der Waals surface area (Å²) in [5.74, 6) is 1.58. The van der Waals surface area contributed by atoms with Gasteiger partial charge in [0.05, 0.1) is 0 Å². The highest BCUT2D eigenvalue weighted by atomic mass is 15.1. The summed E-state index contributed by atoms with van der Waals surface area (Å²) in [6, 6.07) is -0.888. The predicted molar refractivity (Wildman–Crippen MR) is 79.0 cm³/mol. The Balaban J connectivity index is 1.79. The second-order valence-electron chi connectivity index (χ2n) is 4.43. The zero-order chi connectivity index (χ0) is 14.1. The molecule has 0 spiro atoms. The van der Waals surface area contributed by atoms with E-state index in [2.05, 4.69) is 44.9 Å². The molecule has 0 N–H and O–H groups in total. The molecule has 0 amide bonds. The molecule has 0 fully saturated rings. The van der Waals surface area contributed by atoms with E-state index in [0.29, 0.717) is 17.5 Å². The van der Waals surface area contributed by atoms with Crippen LogP contribution in [0.25, 0.3) is 0 Å². The van der Waals surface area contributed by atoms with Crippen LogP contribution in [0.2, 0.25) is 0 Å². The lowest BCUT2D eigenvalue weighted by Gasteiger charge is -2.11. The van der Waals surface area contributed by atoms with Gasteiger partial charge in [-0.15, -0.1) is 0 Å². The van der Waals surface area contributed by atoms with E-state index >= 15 is 0 Å². The molecule has 4 heterocycles. The SMILES string of the molecule is C1=NC=NC1c1nc(C2C=NC=N2)nc(C2C=NC=N2)n1. The molecule has 21 heavy (non-hydrogen) atoms. The molecule has 0 bridgehead atoms. The maximum atomic E-state index is 4.44. The largest absolute Gasteiger partial charge is 0.256 e. The van der Waals surface area contributed by atoms with Crippen molar-refractivity contribution in [2.24, 2.45) is 30.0 Å². The van der Waals surface area contributed by atoms with Gasteiger partial charge in [0.2, 0.25) is 0 Å². The molecule has 9 nitrogen and oxygen atoms in total. The van der Waals surface area contributed by atoms with E-state index < -0.39 is 0 Å². The average molecular weight is 279 g/mol. The van der Waals surface area contributed by atoms with Gasteiger partial charge in [-0.1, -0.05) is 0 Å². The van der Waals surface area contributed by atoms with Gasteiger partial charge in [-0.25, -0.2) is 29.9 Å². The van der Waals surface area contributed by atoms with Gasteiger partial charge in [0.25, 0.3) is 0 Å². The van der Waals surface area contributed by atoms with Gasteiger partial charge in [0.15, 0.2) is 17.5 Å². The Hall–Kier alpha value is -2.97. The number of aromatic nitrogens is 3. The Kier molecular flexibility index (Phi) is 2.73. The van der Waals surface area contributed by atoms with Gasteiger partial charge in [-0.3, -0.25) is 15.0 Å². The van der Waals surface area contributed by atoms with Gasteiger partial charge in [0.1, 0.15) is 37.1 Å². The molecular formula is C12H9N9. The molecule has 0 radical (unpaired) electrons. The van der Waals surface area contributed by atoms with Crippen LogP contribution in [0.3, 0.4) is 0 Å². The summed E-state index contributed by atoms with van der Waals surface area (Å²) >= 11 is 0. The first-order valence-corrected chi connectivity index (χ1v) is 6.31. The summed E-state index contributed by atoms with van der Waals surface area (Å²) in [5.41, 5.74) is 0. The fraction of sp³-hybridized carbons (Fsp3) is 0.250. The summed E-state index contributed by atoms with van der Waals surface area (Å²) in [7, 11) is 0. The van der Waals surface area contributed by atoms with Crippen molar-refractivity contribution < 1.29 is 0 Å². The second kappa shape index (κ2) is 4.85. The Morgan fingerprint density at radius 1 is 0.524 bits per heavy atom. The van der Waals surface area contributed by atoms with Gasteiger partial charge >= 0.3 is 0 Å². The third kappa shape index (κ3) is 2.18.